The lowest BCUT2D eigenvalue weighted by Gasteiger charge is -2.43. The van der Waals surface area contributed by atoms with Gasteiger partial charge in [0.25, 0.3) is 0 Å². The molecule has 2 atom stereocenters. The van der Waals surface area contributed by atoms with Gasteiger partial charge < -0.3 is 14.4 Å². The zero-order valence-electron chi connectivity index (χ0n) is 16.5. The number of hydrogen-bond acceptors (Lipinski definition) is 7. The van der Waals surface area contributed by atoms with Gasteiger partial charge in [0.1, 0.15) is 6.17 Å². The highest BCUT2D eigenvalue weighted by Crippen LogP contribution is 2.44. The monoisotopic (exact) mass is 383 g/mol. The second kappa shape index (κ2) is 8.03. The van der Waals surface area contributed by atoms with Crippen molar-refractivity contribution < 1.29 is 19.1 Å². The number of esters is 2. The van der Waals surface area contributed by atoms with Crippen LogP contribution in [0, 0.1) is 11.3 Å². The molecule has 0 spiro atoms. The molecule has 0 bridgehead atoms. The highest BCUT2D eigenvalue weighted by atomic mass is 16.5. The van der Waals surface area contributed by atoms with Crippen LogP contribution in [0.5, 0.6) is 0 Å². The van der Waals surface area contributed by atoms with Crippen LogP contribution in [0.3, 0.4) is 0 Å². The van der Waals surface area contributed by atoms with Gasteiger partial charge >= 0.3 is 11.9 Å². The van der Waals surface area contributed by atoms with Crippen LogP contribution in [0.4, 0.5) is 5.69 Å². The van der Waals surface area contributed by atoms with E-state index in [1.54, 1.807) is 6.92 Å². The Morgan fingerprint density at radius 2 is 1.68 bits per heavy atom. The molecule has 2 aliphatic heterocycles. The predicted octanol–water partition coefficient (Wildman–Crippen LogP) is 2.24. The van der Waals surface area contributed by atoms with Crippen LogP contribution < -0.4 is 4.90 Å². The molecule has 0 aliphatic carbocycles. The third-order valence-electron chi connectivity index (χ3n) is 5.52. The number of rotatable bonds is 4. The van der Waals surface area contributed by atoms with Crippen molar-refractivity contribution in [2.45, 2.75) is 37.9 Å². The molecule has 1 saturated heterocycles. The maximum atomic E-state index is 12.8. The zero-order chi connectivity index (χ0) is 20.3. The molecule has 7 heteroatoms. The number of anilines is 1. The molecule has 7 nitrogen and oxygen atoms in total. The van der Waals surface area contributed by atoms with Crippen LogP contribution in [0.1, 0.15) is 26.2 Å². The number of hydrogen-bond donors (Lipinski definition) is 0. The van der Waals surface area contributed by atoms with E-state index >= 15 is 0 Å². The van der Waals surface area contributed by atoms with E-state index in [0.29, 0.717) is 0 Å². The van der Waals surface area contributed by atoms with Crippen LogP contribution >= 0.6 is 0 Å². The summed E-state index contributed by atoms with van der Waals surface area (Å²) in [7, 11) is 2.54. The molecule has 2 heterocycles. The van der Waals surface area contributed by atoms with E-state index in [0.717, 1.165) is 38.0 Å². The van der Waals surface area contributed by atoms with Crippen molar-refractivity contribution in [3.05, 3.63) is 41.5 Å². The van der Waals surface area contributed by atoms with Crippen LogP contribution in [0.2, 0.25) is 0 Å². The number of methoxy groups -OCH3 is 2. The molecule has 0 saturated carbocycles. The average Bonchev–Trinajstić information content (AvgIpc) is 3.03. The number of carbonyl (C=O) groups excluding carboxylic acids is 2. The Morgan fingerprint density at radius 1 is 1.07 bits per heavy atom. The van der Waals surface area contributed by atoms with Gasteiger partial charge in [-0.05, 0) is 31.9 Å². The van der Waals surface area contributed by atoms with Gasteiger partial charge in [-0.15, -0.1) is 0 Å². The largest absolute Gasteiger partial charge is 0.466 e. The molecule has 1 aromatic carbocycles. The second-order valence-corrected chi connectivity index (χ2v) is 7.13. The van der Waals surface area contributed by atoms with Crippen LogP contribution in [0.25, 0.3) is 0 Å². The molecular formula is C21H25N3O4. The fourth-order valence-corrected chi connectivity index (χ4v) is 4.22. The van der Waals surface area contributed by atoms with Gasteiger partial charge in [0.15, 0.2) is 5.54 Å². The predicted molar refractivity (Wildman–Crippen MR) is 103 cm³/mol. The van der Waals surface area contributed by atoms with Crippen molar-refractivity contribution in [2.24, 2.45) is 0 Å². The summed E-state index contributed by atoms with van der Waals surface area (Å²) >= 11 is 0. The van der Waals surface area contributed by atoms with Gasteiger partial charge in [-0.1, -0.05) is 24.6 Å². The molecule has 0 N–H and O–H groups in total. The summed E-state index contributed by atoms with van der Waals surface area (Å²) in [5.74, 6) is -1.30. The molecule has 2 aliphatic rings. The van der Waals surface area contributed by atoms with Crippen molar-refractivity contribution >= 4 is 17.6 Å². The third kappa shape index (κ3) is 3.14. The number of nitriles is 1. The first kappa shape index (κ1) is 19.9. The lowest BCUT2D eigenvalue weighted by Crippen LogP contribution is -2.56. The summed E-state index contributed by atoms with van der Waals surface area (Å²) in [5, 5.41) is 10.2. The van der Waals surface area contributed by atoms with Gasteiger partial charge in [0.2, 0.25) is 0 Å². The van der Waals surface area contributed by atoms with E-state index in [4.69, 9.17) is 9.47 Å². The molecule has 1 aromatic rings. The standard InChI is InChI=1S/C21H25N3O4/c1-21(14-22)17(20(26)28-3)16(19(25)27-2)18(23-12-8-5-9-13-23)24(21)15-10-6-4-7-11-15/h4,6-7,10-11,18H,5,8-9,12-13H2,1-3H3. The zero-order valence-corrected chi connectivity index (χ0v) is 16.5. The number of nitrogens with zero attached hydrogens (tertiary/aromatic N) is 3. The summed E-state index contributed by atoms with van der Waals surface area (Å²) < 4.78 is 10.0. The molecule has 148 valence electrons. The smallest absolute Gasteiger partial charge is 0.337 e. The van der Waals surface area contributed by atoms with E-state index in [-0.39, 0.29) is 11.1 Å². The highest BCUT2D eigenvalue weighted by molar-refractivity contribution is 6.06. The third-order valence-corrected chi connectivity index (χ3v) is 5.52. The molecule has 28 heavy (non-hydrogen) atoms. The maximum absolute atomic E-state index is 12.8. The van der Waals surface area contributed by atoms with Crippen molar-refractivity contribution in [2.75, 3.05) is 32.2 Å². The Bertz CT molecular complexity index is 824. The maximum Gasteiger partial charge on any atom is 0.337 e. The minimum Gasteiger partial charge on any atom is -0.466 e. The Kier molecular flexibility index (Phi) is 5.71. The second-order valence-electron chi connectivity index (χ2n) is 7.13. The Labute approximate surface area is 165 Å². The van der Waals surface area contributed by atoms with Gasteiger partial charge in [-0.25, -0.2) is 9.59 Å². The fourth-order valence-electron chi connectivity index (χ4n) is 4.22. The van der Waals surface area contributed by atoms with Crippen molar-refractivity contribution in [3.8, 4) is 6.07 Å². The number of piperidine rings is 1. The first-order valence-corrected chi connectivity index (χ1v) is 9.40. The molecule has 0 radical (unpaired) electrons. The van der Waals surface area contributed by atoms with Crippen molar-refractivity contribution in [1.29, 1.82) is 5.26 Å². The van der Waals surface area contributed by atoms with Gasteiger partial charge in [-0.2, -0.15) is 5.26 Å². The van der Waals surface area contributed by atoms with E-state index < -0.39 is 23.6 Å². The highest BCUT2D eigenvalue weighted by Gasteiger charge is 2.56. The lowest BCUT2D eigenvalue weighted by atomic mass is 9.92. The summed E-state index contributed by atoms with van der Waals surface area (Å²) in [4.78, 5) is 29.6. The van der Waals surface area contributed by atoms with E-state index in [2.05, 4.69) is 11.0 Å². The van der Waals surface area contributed by atoms with Crippen LogP contribution in [-0.2, 0) is 19.1 Å². The molecule has 0 amide bonds. The molecule has 1 fully saturated rings. The SMILES string of the molecule is COC(=O)C1=C(C(=O)OC)C(C)(C#N)N(c2ccccc2)C1N1CCCCC1. The minimum atomic E-state index is -1.37. The number of ether oxygens (including phenoxy) is 2. The number of carbonyl (C=O) groups is 2. The Morgan fingerprint density at radius 3 is 2.21 bits per heavy atom. The first-order valence-electron chi connectivity index (χ1n) is 9.40. The summed E-state index contributed by atoms with van der Waals surface area (Å²) in [5.41, 5.74) is -0.393. The number of para-hydroxylation sites is 1. The first-order chi connectivity index (χ1) is 13.5. The average molecular weight is 383 g/mol. The van der Waals surface area contributed by atoms with Crippen LogP contribution in [0.15, 0.2) is 41.5 Å². The van der Waals surface area contributed by atoms with Crippen LogP contribution in [-0.4, -0.2) is 55.9 Å². The minimum absolute atomic E-state index is 0.0452. The van der Waals surface area contributed by atoms with E-state index in [9.17, 15) is 14.9 Å². The van der Waals surface area contributed by atoms with Crippen molar-refractivity contribution in [3.63, 3.8) is 0 Å². The summed E-state index contributed by atoms with van der Waals surface area (Å²) in [6.07, 6.45) is 2.52. The quantitative estimate of drug-likeness (QED) is 0.738. The summed E-state index contributed by atoms with van der Waals surface area (Å²) in [6, 6.07) is 11.6. The number of likely N-dealkylation sites (tertiary alicyclic amines) is 1. The lowest BCUT2D eigenvalue weighted by molar-refractivity contribution is -0.139. The van der Waals surface area contributed by atoms with Gasteiger partial charge in [0, 0.05) is 18.8 Å². The van der Waals surface area contributed by atoms with Crippen molar-refractivity contribution in [1.82, 2.24) is 4.90 Å². The van der Waals surface area contributed by atoms with E-state index in [1.807, 2.05) is 35.2 Å². The molecule has 3 rings (SSSR count). The topological polar surface area (TPSA) is 82.9 Å². The van der Waals surface area contributed by atoms with Gasteiger partial charge in [0.05, 0.1) is 31.4 Å². The molecular weight excluding hydrogens is 358 g/mol. The molecule has 0 aromatic heterocycles. The van der Waals surface area contributed by atoms with E-state index in [1.165, 1.54) is 14.2 Å². The fraction of sp³-hybridized carbons (Fsp3) is 0.476. The Hall–Kier alpha value is -2.85. The van der Waals surface area contributed by atoms with Gasteiger partial charge in [-0.3, -0.25) is 4.90 Å². The Balaban J connectivity index is 2.27. The normalized spacial score (nSPS) is 25.4. The summed E-state index contributed by atoms with van der Waals surface area (Å²) in [6.45, 7) is 3.19. The molecule has 2 unspecified atom stereocenters. The number of benzene rings is 1.